The van der Waals surface area contributed by atoms with Gasteiger partial charge in [0, 0.05) is 57.4 Å². The monoisotopic (exact) mass is 583 g/mol. The second-order valence-corrected chi connectivity index (χ2v) is 13.1. The van der Waals surface area contributed by atoms with Gasteiger partial charge in [-0.05, 0) is 82.6 Å². The number of fused-ring (bicyclic) bond motifs is 8. The summed E-state index contributed by atoms with van der Waals surface area (Å²) in [4.78, 5) is 2.36. The lowest BCUT2D eigenvalue weighted by molar-refractivity contribution is 1.29. The molecule has 2 heterocycles. The molecule has 0 saturated carbocycles. The van der Waals surface area contributed by atoms with Crippen LogP contribution in [0.1, 0.15) is 0 Å². The van der Waals surface area contributed by atoms with Crippen LogP contribution in [0.4, 0.5) is 17.1 Å². The Morgan fingerprint density at radius 3 is 1.86 bits per heavy atom. The van der Waals surface area contributed by atoms with Gasteiger partial charge in [0.05, 0.1) is 0 Å². The maximum atomic E-state index is 2.36. The summed E-state index contributed by atoms with van der Waals surface area (Å²) in [5.41, 5.74) is 5.91. The van der Waals surface area contributed by atoms with E-state index in [4.69, 9.17) is 0 Å². The maximum Gasteiger partial charge on any atom is 0.0468 e. The van der Waals surface area contributed by atoms with Crippen molar-refractivity contribution in [2.24, 2.45) is 0 Å². The summed E-state index contributed by atoms with van der Waals surface area (Å²) in [6.45, 7) is 0. The zero-order valence-corrected chi connectivity index (χ0v) is 24.8. The highest BCUT2D eigenvalue weighted by Crippen LogP contribution is 2.42. The Hall–Kier alpha value is -4.96. The zero-order valence-electron chi connectivity index (χ0n) is 23.2. The van der Waals surface area contributed by atoms with E-state index in [1.54, 1.807) is 0 Å². The Balaban J connectivity index is 1.14. The summed E-state index contributed by atoms with van der Waals surface area (Å²) in [5, 5.41) is 7.92. The van der Waals surface area contributed by atoms with Crippen LogP contribution in [0.15, 0.2) is 152 Å². The molecule has 1 nitrogen and oxygen atoms in total. The van der Waals surface area contributed by atoms with Crippen molar-refractivity contribution < 1.29 is 0 Å². The van der Waals surface area contributed by atoms with E-state index in [1.807, 2.05) is 22.7 Å². The molecule has 202 valence electrons. The molecule has 9 aromatic rings. The quantitative estimate of drug-likeness (QED) is 0.199. The van der Waals surface area contributed by atoms with Crippen molar-refractivity contribution in [2.75, 3.05) is 4.90 Å². The molecular weight excluding hydrogens is 559 g/mol. The molecule has 2 aromatic heterocycles. The average Bonchev–Trinajstić information content (AvgIpc) is 3.64. The molecule has 0 saturated heterocycles. The van der Waals surface area contributed by atoms with E-state index in [-0.39, 0.29) is 0 Å². The summed E-state index contributed by atoms with van der Waals surface area (Å²) in [6.07, 6.45) is 0. The molecule has 0 spiro atoms. The normalized spacial score (nSPS) is 11.7. The van der Waals surface area contributed by atoms with Gasteiger partial charge in [-0.1, -0.05) is 91.0 Å². The van der Waals surface area contributed by atoms with Crippen LogP contribution in [0, 0.1) is 0 Å². The Bertz CT molecular complexity index is 2450. The van der Waals surface area contributed by atoms with Crippen LogP contribution in [0.2, 0.25) is 0 Å². The van der Waals surface area contributed by atoms with E-state index in [2.05, 4.69) is 157 Å². The van der Waals surface area contributed by atoms with Gasteiger partial charge in [-0.3, -0.25) is 0 Å². The Labute approximate surface area is 257 Å². The lowest BCUT2D eigenvalue weighted by Crippen LogP contribution is -2.09. The highest BCUT2D eigenvalue weighted by atomic mass is 32.1. The van der Waals surface area contributed by atoms with Gasteiger partial charge >= 0.3 is 0 Å². The molecule has 43 heavy (non-hydrogen) atoms. The molecule has 0 amide bonds. The predicted octanol–water partition coefficient (Wildman–Crippen LogP) is 12.7. The van der Waals surface area contributed by atoms with E-state index < -0.39 is 0 Å². The number of rotatable bonds is 4. The average molecular weight is 584 g/mol. The van der Waals surface area contributed by atoms with Crippen molar-refractivity contribution in [2.45, 2.75) is 0 Å². The van der Waals surface area contributed by atoms with Gasteiger partial charge < -0.3 is 4.90 Å². The van der Waals surface area contributed by atoms with E-state index >= 15 is 0 Å². The fraction of sp³-hybridized carbons (Fsp3) is 0. The summed E-state index contributed by atoms with van der Waals surface area (Å²) >= 11 is 3.75. The molecule has 0 fully saturated rings. The Morgan fingerprint density at radius 2 is 0.977 bits per heavy atom. The van der Waals surface area contributed by atoms with Crippen molar-refractivity contribution in [3.05, 3.63) is 152 Å². The SMILES string of the molecule is c1ccc(N(c2ccc(-c3ccc4sc5c6ccccc6ccc5c4c3)cc2)c2ccc3sc4ccccc4c3c2)cc1. The first-order valence-corrected chi connectivity index (χ1v) is 16.1. The number of benzene rings is 7. The molecule has 9 rings (SSSR count). The lowest BCUT2D eigenvalue weighted by atomic mass is 10.0. The van der Waals surface area contributed by atoms with Crippen LogP contribution in [-0.2, 0) is 0 Å². The van der Waals surface area contributed by atoms with Crippen molar-refractivity contribution in [3.63, 3.8) is 0 Å². The maximum absolute atomic E-state index is 2.36. The minimum Gasteiger partial charge on any atom is -0.310 e. The number of nitrogens with zero attached hydrogens (tertiary/aromatic N) is 1. The minimum atomic E-state index is 1.14. The molecule has 0 aliphatic carbocycles. The van der Waals surface area contributed by atoms with Crippen molar-refractivity contribution in [1.29, 1.82) is 0 Å². The third-order valence-electron chi connectivity index (χ3n) is 8.45. The molecule has 0 bridgehead atoms. The molecule has 7 aromatic carbocycles. The molecule has 0 atom stereocenters. The van der Waals surface area contributed by atoms with E-state index in [1.165, 1.54) is 62.2 Å². The van der Waals surface area contributed by atoms with E-state index in [9.17, 15) is 0 Å². The Morgan fingerprint density at radius 1 is 0.349 bits per heavy atom. The minimum absolute atomic E-state index is 1.14. The topological polar surface area (TPSA) is 3.24 Å². The molecule has 0 unspecified atom stereocenters. The first-order valence-electron chi connectivity index (χ1n) is 14.5. The van der Waals surface area contributed by atoms with Crippen LogP contribution in [0.5, 0.6) is 0 Å². The number of thiophene rings is 2. The molecule has 0 radical (unpaired) electrons. The number of para-hydroxylation sites is 1. The second kappa shape index (κ2) is 9.81. The van der Waals surface area contributed by atoms with Gasteiger partial charge in [-0.15, -0.1) is 22.7 Å². The van der Waals surface area contributed by atoms with Crippen molar-refractivity contribution in [1.82, 2.24) is 0 Å². The fourth-order valence-corrected chi connectivity index (χ4v) is 8.67. The summed E-state index contributed by atoms with van der Waals surface area (Å²) in [6, 6.07) is 55.4. The van der Waals surface area contributed by atoms with Gasteiger partial charge in [0.25, 0.3) is 0 Å². The van der Waals surface area contributed by atoms with E-state index in [0.717, 1.165) is 17.1 Å². The standard InChI is InChI=1S/C40H25NS2/c1-2-9-29(10-3-1)41(31-20-23-38-36(25-31)33-12-6-7-13-37(33)42-38)30-18-14-26(15-19-30)28-17-22-39-35(24-28)34-21-16-27-8-4-5-11-32(27)40(34)43-39/h1-25H. The third kappa shape index (κ3) is 4.04. The van der Waals surface area contributed by atoms with Crippen LogP contribution >= 0.6 is 22.7 Å². The van der Waals surface area contributed by atoms with Gasteiger partial charge in [0.15, 0.2) is 0 Å². The molecule has 0 aliphatic rings. The predicted molar refractivity (Wildman–Crippen MR) is 190 cm³/mol. The van der Waals surface area contributed by atoms with Gasteiger partial charge in [0.1, 0.15) is 0 Å². The first kappa shape index (κ1) is 24.6. The molecule has 0 N–H and O–H groups in total. The largest absolute Gasteiger partial charge is 0.310 e. The summed E-state index contributed by atoms with van der Waals surface area (Å²) in [5.74, 6) is 0. The van der Waals surface area contributed by atoms with Gasteiger partial charge in [-0.2, -0.15) is 0 Å². The third-order valence-corrected chi connectivity index (χ3v) is 10.8. The van der Waals surface area contributed by atoms with Crippen molar-refractivity contribution in [3.8, 4) is 11.1 Å². The van der Waals surface area contributed by atoms with E-state index in [0.29, 0.717) is 0 Å². The zero-order chi connectivity index (χ0) is 28.3. The van der Waals surface area contributed by atoms with Gasteiger partial charge in [0.2, 0.25) is 0 Å². The summed E-state index contributed by atoms with van der Waals surface area (Å²) < 4.78 is 5.35. The highest BCUT2D eigenvalue weighted by molar-refractivity contribution is 7.26. The van der Waals surface area contributed by atoms with Crippen LogP contribution < -0.4 is 4.90 Å². The number of hydrogen-bond acceptors (Lipinski definition) is 3. The molecule has 0 aliphatic heterocycles. The first-order chi connectivity index (χ1) is 21.3. The fourth-order valence-electron chi connectivity index (χ4n) is 6.36. The van der Waals surface area contributed by atoms with Gasteiger partial charge in [-0.25, -0.2) is 0 Å². The van der Waals surface area contributed by atoms with Crippen molar-refractivity contribution >= 4 is 90.9 Å². The molecular formula is C40H25NS2. The number of anilines is 3. The summed E-state index contributed by atoms with van der Waals surface area (Å²) in [7, 11) is 0. The van der Waals surface area contributed by atoms with Crippen LogP contribution in [0.3, 0.4) is 0 Å². The second-order valence-electron chi connectivity index (χ2n) is 11.0. The lowest BCUT2D eigenvalue weighted by Gasteiger charge is -2.26. The van der Waals surface area contributed by atoms with Crippen LogP contribution in [-0.4, -0.2) is 0 Å². The smallest absolute Gasteiger partial charge is 0.0468 e. The number of hydrogen-bond donors (Lipinski definition) is 0. The highest BCUT2D eigenvalue weighted by Gasteiger charge is 2.15. The molecule has 3 heteroatoms. The van der Waals surface area contributed by atoms with Crippen LogP contribution in [0.25, 0.3) is 62.2 Å². The Kier molecular flexibility index (Phi) is 5.62.